The van der Waals surface area contributed by atoms with Crippen LogP contribution in [0.3, 0.4) is 0 Å². The van der Waals surface area contributed by atoms with E-state index in [1.54, 1.807) is 38.1 Å². The van der Waals surface area contributed by atoms with Crippen molar-refractivity contribution in [3.63, 3.8) is 0 Å². The molecule has 1 aromatic rings. The van der Waals surface area contributed by atoms with Gasteiger partial charge in [0, 0.05) is 0 Å². The number of nitrogens with zero attached hydrogens (tertiary/aromatic N) is 1. The Morgan fingerprint density at radius 1 is 1.21 bits per heavy atom. The molecule has 0 unspecified atom stereocenters. The summed E-state index contributed by atoms with van der Waals surface area (Å²) < 4.78 is 10.2. The van der Waals surface area contributed by atoms with Crippen LogP contribution < -0.4 is 15.4 Å². The van der Waals surface area contributed by atoms with Crippen LogP contribution in [0.2, 0.25) is 0 Å². The van der Waals surface area contributed by atoms with E-state index < -0.39 is 42.0 Å². The SMILES string of the molecule is CCC1(CC)NC(=O)N(CC(=O)O[C@@H](C)C(=O)Nc2ccccc2OC)C1=O. The summed E-state index contributed by atoms with van der Waals surface area (Å²) in [7, 11) is 1.47. The Balaban J connectivity index is 1.96. The molecule has 0 aromatic heterocycles. The molecule has 2 rings (SSSR count). The van der Waals surface area contributed by atoms with Gasteiger partial charge >= 0.3 is 12.0 Å². The number of methoxy groups -OCH3 is 1. The van der Waals surface area contributed by atoms with Gasteiger partial charge < -0.3 is 20.1 Å². The number of anilines is 1. The van der Waals surface area contributed by atoms with Crippen LogP contribution in [-0.2, 0) is 19.1 Å². The molecule has 152 valence electrons. The van der Waals surface area contributed by atoms with Crippen LogP contribution in [0, 0.1) is 0 Å². The smallest absolute Gasteiger partial charge is 0.327 e. The van der Waals surface area contributed by atoms with Gasteiger partial charge in [-0.25, -0.2) is 4.79 Å². The Hall–Kier alpha value is -3.10. The maximum absolute atomic E-state index is 12.5. The van der Waals surface area contributed by atoms with Crippen molar-refractivity contribution in [1.82, 2.24) is 10.2 Å². The van der Waals surface area contributed by atoms with Gasteiger partial charge in [-0.15, -0.1) is 0 Å². The molecular formula is C19H25N3O6. The molecule has 1 aromatic carbocycles. The highest BCUT2D eigenvalue weighted by Crippen LogP contribution is 2.25. The van der Waals surface area contributed by atoms with Crippen LogP contribution in [0.5, 0.6) is 5.75 Å². The van der Waals surface area contributed by atoms with E-state index in [4.69, 9.17) is 9.47 Å². The highest BCUT2D eigenvalue weighted by Gasteiger charge is 2.49. The van der Waals surface area contributed by atoms with Crippen LogP contribution in [-0.4, -0.2) is 54.0 Å². The summed E-state index contributed by atoms with van der Waals surface area (Å²) in [5.74, 6) is -1.42. The molecule has 1 aliphatic rings. The number of esters is 1. The zero-order chi connectivity index (χ0) is 20.9. The van der Waals surface area contributed by atoms with Gasteiger partial charge in [0.25, 0.3) is 11.8 Å². The number of imide groups is 1. The van der Waals surface area contributed by atoms with Crippen LogP contribution >= 0.6 is 0 Å². The van der Waals surface area contributed by atoms with Crippen molar-refractivity contribution in [1.29, 1.82) is 0 Å². The van der Waals surface area contributed by atoms with Gasteiger partial charge in [0.15, 0.2) is 6.10 Å². The van der Waals surface area contributed by atoms with Crippen LogP contribution in [0.4, 0.5) is 10.5 Å². The van der Waals surface area contributed by atoms with E-state index in [0.717, 1.165) is 4.90 Å². The minimum Gasteiger partial charge on any atom is -0.495 e. The quantitative estimate of drug-likeness (QED) is 0.515. The molecule has 9 nitrogen and oxygen atoms in total. The first-order chi connectivity index (χ1) is 13.3. The fourth-order valence-corrected chi connectivity index (χ4v) is 2.95. The fourth-order valence-electron chi connectivity index (χ4n) is 2.95. The standard InChI is InChI=1S/C19H25N3O6/c1-5-19(6-2)17(25)22(18(26)21-19)11-15(23)28-12(3)16(24)20-13-9-7-8-10-14(13)27-4/h7-10,12H,5-6,11H2,1-4H3,(H,20,24)(H,21,26)/t12-/m0/s1. The van der Waals surface area contributed by atoms with E-state index in [-0.39, 0.29) is 0 Å². The predicted octanol–water partition coefficient (Wildman–Crippen LogP) is 1.68. The lowest BCUT2D eigenvalue weighted by atomic mass is 9.93. The molecule has 1 atom stereocenters. The zero-order valence-corrected chi connectivity index (χ0v) is 16.4. The molecule has 0 spiro atoms. The number of hydrogen-bond acceptors (Lipinski definition) is 6. The van der Waals surface area contributed by atoms with Gasteiger partial charge in [-0.3, -0.25) is 19.3 Å². The maximum Gasteiger partial charge on any atom is 0.327 e. The first-order valence-electron chi connectivity index (χ1n) is 9.05. The van der Waals surface area contributed by atoms with E-state index in [9.17, 15) is 19.2 Å². The lowest BCUT2D eigenvalue weighted by molar-refractivity contribution is -0.155. The van der Waals surface area contributed by atoms with Gasteiger partial charge in [0.2, 0.25) is 0 Å². The van der Waals surface area contributed by atoms with Gasteiger partial charge in [-0.2, -0.15) is 0 Å². The molecule has 0 saturated carbocycles. The minimum atomic E-state index is -1.12. The number of hydrogen-bond donors (Lipinski definition) is 2. The maximum atomic E-state index is 12.5. The number of amides is 4. The van der Waals surface area contributed by atoms with E-state index in [2.05, 4.69) is 10.6 Å². The Bertz CT molecular complexity index is 775. The van der Waals surface area contributed by atoms with Gasteiger partial charge in [0.05, 0.1) is 12.8 Å². The molecule has 1 heterocycles. The van der Waals surface area contributed by atoms with Crippen molar-refractivity contribution >= 4 is 29.5 Å². The highest BCUT2D eigenvalue weighted by molar-refractivity contribution is 6.08. The third-order valence-corrected chi connectivity index (χ3v) is 4.78. The summed E-state index contributed by atoms with van der Waals surface area (Å²) in [5.41, 5.74) is -0.563. The number of nitrogens with one attached hydrogen (secondary N) is 2. The molecule has 0 bridgehead atoms. The zero-order valence-electron chi connectivity index (χ0n) is 16.4. The van der Waals surface area contributed by atoms with Crippen LogP contribution in [0.25, 0.3) is 0 Å². The van der Waals surface area contributed by atoms with Gasteiger partial charge in [0.1, 0.15) is 17.8 Å². The van der Waals surface area contributed by atoms with Gasteiger partial charge in [-0.1, -0.05) is 26.0 Å². The summed E-state index contributed by atoms with van der Waals surface area (Å²) in [6.45, 7) is 4.41. The van der Waals surface area contributed by atoms with E-state index in [1.807, 2.05) is 0 Å². The molecule has 0 aliphatic carbocycles. The normalized spacial score (nSPS) is 16.4. The second kappa shape index (κ2) is 8.73. The Labute approximate surface area is 163 Å². The van der Waals surface area contributed by atoms with Crippen molar-refractivity contribution < 1.29 is 28.7 Å². The van der Waals surface area contributed by atoms with Crippen LogP contribution in [0.1, 0.15) is 33.6 Å². The molecule has 0 radical (unpaired) electrons. The molecular weight excluding hydrogens is 366 g/mol. The number of rotatable bonds is 8. The lowest BCUT2D eigenvalue weighted by Gasteiger charge is -2.23. The second-order valence-electron chi connectivity index (χ2n) is 6.43. The number of carbonyl (C=O) groups is 4. The number of benzene rings is 1. The van der Waals surface area contributed by atoms with Gasteiger partial charge in [-0.05, 0) is 31.9 Å². The van der Waals surface area contributed by atoms with Crippen molar-refractivity contribution in [3.05, 3.63) is 24.3 Å². The van der Waals surface area contributed by atoms with Crippen molar-refractivity contribution in [2.75, 3.05) is 19.0 Å². The summed E-state index contributed by atoms with van der Waals surface area (Å²) in [4.78, 5) is 49.8. The largest absolute Gasteiger partial charge is 0.495 e. The van der Waals surface area contributed by atoms with Crippen molar-refractivity contribution in [3.8, 4) is 5.75 Å². The molecule has 2 N–H and O–H groups in total. The second-order valence-corrected chi connectivity index (χ2v) is 6.43. The van der Waals surface area contributed by atoms with Crippen LogP contribution in [0.15, 0.2) is 24.3 Å². The third-order valence-electron chi connectivity index (χ3n) is 4.78. The average Bonchev–Trinajstić information content (AvgIpc) is 2.92. The highest BCUT2D eigenvalue weighted by atomic mass is 16.5. The number of urea groups is 1. The summed E-state index contributed by atoms with van der Waals surface area (Å²) in [6.07, 6.45) is -0.297. The Morgan fingerprint density at radius 3 is 2.43 bits per heavy atom. The van der Waals surface area contributed by atoms with E-state index >= 15 is 0 Å². The summed E-state index contributed by atoms with van der Waals surface area (Å²) in [6, 6.07) is 6.16. The number of carbonyl (C=O) groups excluding carboxylic acids is 4. The Morgan fingerprint density at radius 2 is 1.86 bits per heavy atom. The van der Waals surface area contributed by atoms with Crippen molar-refractivity contribution in [2.45, 2.75) is 45.3 Å². The third kappa shape index (κ3) is 4.24. The molecule has 1 aliphatic heterocycles. The number of para-hydroxylation sites is 2. The topological polar surface area (TPSA) is 114 Å². The lowest BCUT2D eigenvalue weighted by Crippen LogP contribution is -2.46. The number of ether oxygens (including phenoxy) is 2. The summed E-state index contributed by atoms with van der Waals surface area (Å²) in [5, 5.41) is 5.24. The van der Waals surface area contributed by atoms with E-state index in [0.29, 0.717) is 24.3 Å². The molecule has 9 heteroatoms. The molecule has 1 fully saturated rings. The monoisotopic (exact) mass is 391 g/mol. The van der Waals surface area contributed by atoms with E-state index in [1.165, 1.54) is 14.0 Å². The first-order valence-corrected chi connectivity index (χ1v) is 9.05. The molecule has 4 amide bonds. The first kappa shape index (κ1) is 21.2. The average molecular weight is 391 g/mol. The predicted molar refractivity (Wildman–Crippen MR) is 101 cm³/mol. The summed E-state index contributed by atoms with van der Waals surface area (Å²) >= 11 is 0. The minimum absolute atomic E-state index is 0.414. The Kier molecular flexibility index (Phi) is 6.61. The molecule has 28 heavy (non-hydrogen) atoms. The van der Waals surface area contributed by atoms with Crippen molar-refractivity contribution in [2.24, 2.45) is 0 Å². The molecule has 1 saturated heterocycles. The fraction of sp³-hybridized carbons (Fsp3) is 0.474.